The molecule has 0 spiro atoms. The van der Waals surface area contributed by atoms with Gasteiger partial charge in [0.15, 0.2) is 0 Å². The van der Waals surface area contributed by atoms with Crippen LogP contribution >= 0.6 is 22.9 Å². The second-order valence-electron chi connectivity index (χ2n) is 3.34. The second-order valence-corrected chi connectivity index (χ2v) is 5.09. The third kappa shape index (κ3) is 2.05. The highest BCUT2D eigenvalue weighted by Crippen LogP contribution is 2.30. The van der Waals surface area contributed by atoms with E-state index in [0.717, 1.165) is 24.0 Å². The molecule has 0 bridgehead atoms. The van der Waals surface area contributed by atoms with Crippen molar-refractivity contribution in [2.24, 2.45) is 0 Å². The minimum atomic E-state index is 0.506. The fourth-order valence-corrected chi connectivity index (χ4v) is 2.86. The molecule has 0 radical (unpaired) electrons. The molecule has 2 heterocycles. The van der Waals surface area contributed by atoms with E-state index in [-0.39, 0.29) is 0 Å². The Morgan fingerprint density at radius 3 is 3.08 bits per heavy atom. The number of likely N-dealkylation sites (N-methyl/N-ethyl adjacent to an activating group) is 1. The molecule has 4 heteroatoms. The van der Waals surface area contributed by atoms with Gasteiger partial charge < -0.3 is 5.32 Å². The first-order valence-corrected chi connectivity index (χ1v) is 5.63. The number of nitrogens with one attached hydrogen (secondary N) is 1. The summed E-state index contributed by atoms with van der Waals surface area (Å²) in [6, 6.07) is 4.61. The average Bonchev–Trinajstić information content (AvgIpc) is 2.53. The highest BCUT2D eigenvalue weighted by Gasteiger charge is 2.21. The largest absolute Gasteiger partial charge is 0.314 e. The van der Waals surface area contributed by atoms with Crippen molar-refractivity contribution in [1.29, 1.82) is 0 Å². The maximum Gasteiger partial charge on any atom is 0.0931 e. The highest BCUT2D eigenvalue weighted by molar-refractivity contribution is 7.16. The molecular formula is C9H13ClN2S. The molecule has 1 N–H and O–H groups in total. The van der Waals surface area contributed by atoms with Gasteiger partial charge in [-0.3, -0.25) is 4.90 Å². The number of nitrogens with zero attached hydrogens (tertiary/aromatic N) is 1. The maximum atomic E-state index is 5.91. The minimum absolute atomic E-state index is 0.506. The van der Waals surface area contributed by atoms with Gasteiger partial charge in [0, 0.05) is 24.5 Å². The summed E-state index contributed by atoms with van der Waals surface area (Å²) in [4.78, 5) is 3.73. The Hall–Kier alpha value is -0.0900. The molecule has 2 nitrogen and oxygen atoms in total. The fourth-order valence-electron chi connectivity index (χ4n) is 1.63. The number of hydrogen-bond donors (Lipinski definition) is 1. The molecule has 2 rings (SSSR count). The zero-order valence-electron chi connectivity index (χ0n) is 7.59. The minimum Gasteiger partial charge on any atom is -0.314 e. The zero-order chi connectivity index (χ0) is 9.26. The van der Waals surface area contributed by atoms with E-state index in [1.54, 1.807) is 11.3 Å². The Morgan fingerprint density at radius 2 is 2.46 bits per heavy atom. The molecule has 0 aliphatic carbocycles. The lowest BCUT2D eigenvalue weighted by atomic mass is 10.2. The summed E-state index contributed by atoms with van der Waals surface area (Å²) in [7, 11) is 2.17. The summed E-state index contributed by atoms with van der Waals surface area (Å²) in [5, 5.41) is 3.39. The summed E-state index contributed by atoms with van der Waals surface area (Å²) in [5.74, 6) is 0. The first-order valence-electron chi connectivity index (χ1n) is 4.43. The molecule has 1 aliphatic rings. The van der Waals surface area contributed by atoms with Gasteiger partial charge >= 0.3 is 0 Å². The molecule has 1 saturated heterocycles. The van der Waals surface area contributed by atoms with Crippen LogP contribution in [0.5, 0.6) is 0 Å². The van der Waals surface area contributed by atoms with Crippen molar-refractivity contribution >= 4 is 22.9 Å². The molecule has 13 heavy (non-hydrogen) atoms. The molecule has 1 fully saturated rings. The summed E-state index contributed by atoms with van der Waals surface area (Å²) >= 11 is 7.59. The van der Waals surface area contributed by atoms with Crippen molar-refractivity contribution in [2.75, 3.05) is 26.7 Å². The van der Waals surface area contributed by atoms with Crippen LogP contribution in [0.25, 0.3) is 0 Å². The van der Waals surface area contributed by atoms with E-state index in [0.29, 0.717) is 6.04 Å². The van der Waals surface area contributed by atoms with Gasteiger partial charge in [0.2, 0.25) is 0 Å². The van der Waals surface area contributed by atoms with E-state index < -0.39 is 0 Å². The van der Waals surface area contributed by atoms with Crippen molar-refractivity contribution in [3.63, 3.8) is 0 Å². The van der Waals surface area contributed by atoms with Crippen molar-refractivity contribution in [1.82, 2.24) is 10.2 Å². The van der Waals surface area contributed by atoms with Crippen LogP contribution in [0.3, 0.4) is 0 Å². The van der Waals surface area contributed by atoms with Gasteiger partial charge in [-0.05, 0) is 19.2 Å². The van der Waals surface area contributed by atoms with Crippen LogP contribution in [0.15, 0.2) is 12.1 Å². The monoisotopic (exact) mass is 216 g/mol. The topological polar surface area (TPSA) is 15.3 Å². The zero-order valence-corrected chi connectivity index (χ0v) is 9.16. The predicted octanol–water partition coefficient (Wildman–Crippen LogP) is 1.98. The van der Waals surface area contributed by atoms with E-state index in [2.05, 4.69) is 23.3 Å². The Morgan fingerprint density at radius 1 is 1.62 bits per heavy atom. The molecule has 1 unspecified atom stereocenters. The number of rotatable bonds is 1. The molecule has 0 aromatic carbocycles. The van der Waals surface area contributed by atoms with E-state index in [1.807, 2.05) is 6.07 Å². The summed E-state index contributed by atoms with van der Waals surface area (Å²) in [5.41, 5.74) is 0. The highest BCUT2D eigenvalue weighted by atomic mass is 35.5. The van der Waals surface area contributed by atoms with Gasteiger partial charge in [0.1, 0.15) is 0 Å². The van der Waals surface area contributed by atoms with Crippen LogP contribution in [0.2, 0.25) is 4.34 Å². The molecule has 1 aliphatic heterocycles. The quantitative estimate of drug-likeness (QED) is 0.773. The SMILES string of the molecule is CN1CCNCC1c1ccc(Cl)s1. The Labute approximate surface area is 87.5 Å². The van der Waals surface area contributed by atoms with E-state index in [1.165, 1.54) is 4.88 Å². The van der Waals surface area contributed by atoms with Crippen LogP contribution < -0.4 is 5.32 Å². The first kappa shape index (κ1) is 9.46. The van der Waals surface area contributed by atoms with Gasteiger partial charge in [0.25, 0.3) is 0 Å². The number of hydrogen-bond acceptors (Lipinski definition) is 3. The maximum absolute atomic E-state index is 5.91. The second kappa shape index (κ2) is 3.96. The predicted molar refractivity (Wildman–Crippen MR) is 57.6 cm³/mol. The van der Waals surface area contributed by atoms with E-state index >= 15 is 0 Å². The Balaban J connectivity index is 2.14. The molecule has 1 aromatic rings. The van der Waals surface area contributed by atoms with Crippen LogP contribution in [0.1, 0.15) is 10.9 Å². The van der Waals surface area contributed by atoms with Crippen LogP contribution in [0.4, 0.5) is 0 Å². The van der Waals surface area contributed by atoms with Gasteiger partial charge in [-0.1, -0.05) is 11.6 Å². The van der Waals surface area contributed by atoms with E-state index in [4.69, 9.17) is 11.6 Å². The summed E-state index contributed by atoms with van der Waals surface area (Å²) in [6.45, 7) is 3.24. The Kier molecular flexibility index (Phi) is 2.89. The van der Waals surface area contributed by atoms with Crippen molar-refractivity contribution in [3.05, 3.63) is 21.3 Å². The third-order valence-electron chi connectivity index (χ3n) is 2.43. The van der Waals surface area contributed by atoms with Gasteiger partial charge in [-0.15, -0.1) is 11.3 Å². The third-order valence-corrected chi connectivity index (χ3v) is 3.77. The number of piperazine rings is 1. The molecule has 1 atom stereocenters. The standard InChI is InChI=1S/C9H13ClN2S/c1-12-5-4-11-6-7(12)8-2-3-9(10)13-8/h2-3,7,11H,4-6H2,1H3. The van der Waals surface area contributed by atoms with Crippen molar-refractivity contribution < 1.29 is 0 Å². The van der Waals surface area contributed by atoms with Crippen LogP contribution in [-0.2, 0) is 0 Å². The van der Waals surface area contributed by atoms with Crippen LogP contribution in [0, 0.1) is 0 Å². The number of halogens is 1. The normalized spacial score (nSPS) is 24.9. The van der Waals surface area contributed by atoms with Crippen LogP contribution in [-0.4, -0.2) is 31.6 Å². The Bertz CT molecular complexity index is 287. The lowest BCUT2D eigenvalue weighted by Gasteiger charge is -2.32. The molecule has 0 saturated carbocycles. The average molecular weight is 217 g/mol. The summed E-state index contributed by atoms with van der Waals surface area (Å²) < 4.78 is 0.883. The lowest BCUT2D eigenvalue weighted by Crippen LogP contribution is -2.43. The summed E-state index contributed by atoms with van der Waals surface area (Å²) in [6.07, 6.45) is 0. The van der Waals surface area contributed by atoms with Crippen molar-refractivity contribution in [3.8, 4) is 0 Å². The molecule has 0 amide bonds. The molecule has 72 valence electrons. The first-order chi connectivity index (χ1) is 6.27. The van der Waals surface area contributed by atoms with Gasteiger partial charge in [-0.2, -0.15) is 0 Å². The van der Waals surface area contributed by atoms with Gasteiger partial charge in [0.05, 0.1) is 10.4 Å². The number of thiophene rings is 1. The fraction of sp³-hybridized carbons (Fsp3) is 0.556. The lowest BCUT2D eigenvalue weighted by molar-refractivity contribution is 0.205. The van der Waals surface area contributed by atoms with Gasteiger partial charge in [-0.25, -0.2) is 0 Å². The molecule has 1 aromatic heterocycles. The van der Waals surface area contributed by atoms with Crippen molar-refractivity contribution in [2.45, 2.75) is 6.04 Å². The van der Waals surface area contributed by atoms with E-state index in [9.17, 15) is 0 Å². The molecular weight excluding hydrogens is 204 g/mol. The smallest absolute Gasteiger partial charge is 0.0931 e.